The van der Waals surface area contributed by atoms with Gasteiger partial charge in [0.1, 0.15) is 6.04 Å². The highest BCUT2D eigenvalue weighted by Gasteiger charge is 2.35. The van der Waals surface area contributed by atoms with Crippen molar-refractivity contribution >= 4 is 26.7 Å². The number of piperazine rings is 1. The fourth-order valence-electron chi connectivity index (χ4n) is 3.88. The lowest BCUT2D eigenvalue weighted by Gasteiger charge is -2.34. The van der Waals surface area contributed by atoms with Crippen molar-refractivity contribution in [3.8, 4) is 0 Å². The molecule has 1 aliphatic heterocycles. The van der Waals surface area contributed by atoms with Crippen LogP contribution in [0.5, 0.6) is 0 Å². The van der Waals surface area contributed by atoms with Gasteiger partial charge in [-0.1, -0.05) is 36.4 Å². The monoisotopic (exact) mass is 398 g/mol. The Morgan fingerprint density at radius 2 is 1.68 bits per heavy atom. The molecule has 1 aromatic heterocycles. The molecule has 3 aromatic rings. The highest BCUT2D eigenvalue weighted by molar-refractivity contribution is 7.89. The zero-order valence-corrected chi connectivity index (χ0v) is 16.6. The van der Waals surface area contributed by atoms with Crippen LogP contribution >= 0.6 is 0 Å². The Balaban J connectivity index is 1.45. The molecule has 1 aliphatic rings. The molecule has 0 bridgehead atoms. The van der Waals surface area contributed by atoms with Gasteiger partial charge in [-0.3, -0.25) is 4.79 Å². The average Bonchev–Trinajstić information content (AvgIpc) is 3.17. The maximum Gasteiger partial charge on any atom is 0.243 e. The Kier molecular flexibility index (Phi) is 5.05. The maximum atomic E-state index is 13.0. The second-order valence-electron chi connectivity index (χ2n) is 7.21. The van der Waals surface area contributed by atoms with Gasteiger partial charge in [0, 0.05) is 22.7 Å². The van der Waals surface area contributed by atoms with Gasteiger partial charge in [0.15, 0.2) is 0 Å². The SMILES string of the molecule is C[C@H](C(=O)c1c[nH]c2ccccc12)[NH+]1CCN(S(=O)(=O)c2ccccc2)CC1. The minimum atomic E-state index is -3.47. The molecular weight excluding hydrogens is 374 g/mol. The Bertz CT molecular complexity index is 1080. The van der Waals surface area contributed by atoms with Crippen LogP contribution in [0.4, 0.5) is 0 Å². The summed E-state index contributed by atoms with van der Waals surface area (Å²) in [5.74, 6) is 0.0896. The van der Waals surface area contributed by atoms with E-state index < -0.39 is 10.0 Å². The zero-order valence-electron chi connectivity index (χ0n) is 15.8. The number of quaternary nitrogens is 1. The van der Waals surface area contributed by atoms with Gasteiger partial charge in [0.25, 0.3) is 0 Å². The average molecular weight is 399 g/mol. The van der Waals surface area contributed by atoms with Gasteiger partial charge in [-0.15, -0.1) is 0 Å². The van der Waals surface area contributed by atoms with E-state index in [2.05, 4.69) is 4.98 Å². The number of H-pyrrole nitrogens is 1. The van der Waals surface area contributed by atoms with Crippen LogP contribution in [0.15, 0.2) is 65.7 Å². The third-order valence-electron chi connectivity index (χ3n) is 5.61. The molecule has 6 nitrogen and oxygen atoms in total. The number of rotatable bonds is 5. The van der Waals surface area contributed by atoms with Gasteiger partial charge in [0.2, 0.25) is 15.8 Å². The third-order valence-corrected chi connectivity index (χ3v) is 7.52. The Morgan fingerprint density at radius 1 is 1.04 bits per heavy atom. The molecule has 2 heterocycles. The number of para-hydroxylation sites is 1. The summed E-state index contributed by atoms with van der Waals surface area (Å²) >= 11 is 0. The van der Waals surface area contributed by atoms with Crippen molar-refractivity contribution in [3.63, 3.8) is 0 Å². The highest BCUT2D eigenvalue weighted by atomic mass is 32.2. The standard InChI is InChI=1S/C21H23N3O3S/c1-16(21(25)19-15-22-20-10-6-5-9-18(19)20)23-11-13-24(14-12-23)28(26,27)17-7-3-2-4-8-17/h2-10,15-16,22H,11-14H2,1H3/p+1/t16-/m1/s1. The first-order valence-corrected chi connectivity index (χ1v) is 10.9. The minimum absolute atomic E-state index is 0.0896. The molecule has 2 N–H and O–H groups in total. The number of aromatic amines is 1. The number of nitrogens with one attached hydrogen (secondary N) is 2. The molecule has 0 unspecified atom stereocenters. The molecule has 0 saturated carbocycles. The van der Waals surface area contributed by atoms with E-state index in [9.17, 15) is 13.2 Å². The van der Waals surface area contributed by atoms with Crippen LogP contribution in [0.2, 0.25) is 0 Å². The first-order chi connectivity index (χ1) is 13.5. The summed E-state index contributed by atoms with van der Waals surface area (Å²) < 4.78 is 27.1. The number of sulfonamides is 1. The molecule has 0 radical (unpaired) electrons. The van der Waals surface area contributed by atoms with Crippen molar-refractivity contribution in [1.29, 1.82) is 0 Å². The van der Waals surface area contributed by atoms with Gasteiger partial charge in [0.05, 0.1) is 31.1 Å². The second kappa shape index (κ2) is 7.50. The van der Waals surface area contributed by atoms with E-state index in [0.717, 1.165) is 15.8 Å². The van der Waals surface area contributed by atoms with Crippen molar-refractivity contribution in [2.75, 3.05) is 26.2 Å². The Morgan fingerprint density at radius 3 is 2.39 bits per heavy atom. The highest BCUT2D eigenvalue weighted by Crippen LogP contribution is 2.19. The van der Waals surface area contributed by atoms with Crippen molar-refractivity contribution in [2.45, 2.75) is 17.9 Å². The van der Waals surface area contributed by atoms with E-state index in [0.29, 0.717) is 36.6 Å². The number of ketones is 1. The number of Topliss-reactive ketones (excluding diaryl/α,β-unsaturated/α-hetero) is 1. The lowest BCUT2D eigenvalue weighted by atomic mass is 10.0. The summed E-state index contributed by atoms with van der Waals surface area (Å²) in [4.78, 5) is 17.6. The van der Waals surface area contributed by atoms with Crippen molar-refractivity contribution in [2.24, 2.45) is 0 Å². The molecule has 1 saturated heterocycles. The number of hydrogen-bond donors (Lipinski definition) is 2. The van der Waals surface area contributed by atoms with E-state index in [4.69, 9.17) is 0 Å². The summed E-state index contributed by atoms with van der Waals surface area (Å²) in [6.07, 6.45) is 1.78. The van der Waals surface area contributed by atoms with Crippen LogP contribution in [0, 0.1) is 0 Å². The van der Waals surface area contributed by atoms with Crippen molar-refractivity contribution in [1.82, 2.24) is 9.29 Å². The fraction of sp³-hybridized carbons (Fsp3) is 0.286. The van der Waals surface area contributed by atoms with Gasteiger partial charge < -0.3 is 9.88 Å². The predicted octanol–water partition coefficient (Wildman–Crippen LogP) is 1.33. The van der Waals surface area contributed by atoms with Crippen molar-refractivity contribution in [3.05, 3.63) is 66.4 Å². The lowest BCUT2D eigenvalue weighted by Crippen LogP contribution is -3.18. The van der Waals surface area contributed by atoms with Gasteiger partial charge in [-0.2, -0.15) is 4.31 Å². The molecule has 0 aliphatic carbocycles. The van der Waals surface area contributed by atoms with E-state index in [1.807, 2.05) is 31.2 Å². The first kappa shape index (κ1) is 18.9. The van der Waals surface area contributed by atoms with Crippen LogP contribution in [0.3, 0.4) is 0 Å². The zero-order chi connectivity index (χ0) is 19.7. The normalized spacial score (nSPS) is 17.6. The van der Waals surface area contributed by atoms with Gasteiger partial charge in [-0.25, -0.2) is 8.42 Å². The maximum absolute atomic E-state index is 13.0. The molecule has 1 fully saturated rings. The molecule has 1 atom stereocenters. The number of aromatic nitrogens is 1. The quantitative estimate of drug-likeness (QED) is 0.637. The van der Waals surface area contributed by atoms with Crippen LogP contribution in [0.25, 0.3) is 10.9 Å². The number of fused-ring (bicyclic) bond motifs is 1. The second-order valence-corrected chi connectivity index (χ2v) is 9.15. The van der Waals surface area contributed by atoms with Crippen LogP contribution in [-0.2, 0) is 10.0 Å². The molecule has 4 rings (SSSR count). The number of benzene rings is 2. The molecule has 0 spiro atoms. The first-order valence-electron chi connectivity index (χ1n) is 9.48. The molecule has 28 heavy (non-hydrogen) atoms. The largest absolute Gasteiger partial charge is 0.360 e. The minimum Gasteiger partial charge on any atom is -0.360 e. The van der Waals surface area contributed by atoms with Crippen LogP contribution in [-0.4, -0.2) is 55.7 Å². The Labute approximate surface area is 164 Å². The molecular formula is C21H24N3O3S+. The van der Waals surface area contributed by atoms with E-state index in [1.165, 1.54) is 4.31 Å². The summed E-state index contributed by atoms with van der Waals surface area (Å²) in [7, 11) is -3.47. The summed E-state index contributed by atoms with van der Waals surface area (Å²) in [5, 5.41) is 0.934. The molecule has 146 valence electrons. The molecule has 0 amide bonds. The fourth-order valence-corrected chi connectivity index (χ4v) is 5.34. The summed E-state index contributed by atoms with van der Waals surface area (Å²) in [6.45, 7) is 3.99. The summed E-state index contributed by atoms with van der Waals surface area (Å²) in [6, 6.07) is 16.1. The third kappa shape index (κ3) is 3.37. The number of carbonyl (C=O) groups excluding carboxylic acids is 1. The molecule has 7 heteroatoms. The van der Waals surface area contributed by atoms with Gasteiger partial charge in [-0.05, 0) is 25.1 Å². The number of nitrogens with zero attached hydrogens (tertiary/aromatic N) is 1. The smallest absolute Gasteiger partial charge is 0.243 e. The van der Waals surface area contributed by atoms with E-state index in [-0.39, 0.29) is 11.8 Å². The number of hydrogen-bond acceptors (Lipinski definition) is 3. The van der Waals surface area contributed by atoms with E-state index >= 15 is 0 Å². The topological polar surface area (TPSA) is 74.7 Å². The van der Waals surface area contributed by atoms with Gasteiger partial charge >= 0.3 is 0 Å². The Hall–Kier alpha value is -2.48. The van der Waals surface area contributed by atoms with Crippen LogP contribution in [0.1, 0.15) is 17.3 Å². The molecule has 2 aromatic carbocycles. The lowest BCUT2D eigenvalue weighted by molar-refractivity contribution is -0.917. The van der Waals surface area contributed by atoms with Crippen molar-refractivity contribution < 1.29 is 18.1 Å². The summed E-state index contributed by atoms with van der Waals surface area (Å²) in [5.41, 5.74) is 1.65. The number of carbonyl (C=O) groups is 1. The predicted molar refractivity (Wildman–Crippen MR) is 108 cm³/mol. The van der Waals surface area contributed by atoms with E-state index in [1.54, 1.807) is 36.5 Å². The van der Waals surface area contributed by atoms with Crippen LogP contribution < -0.4 is 4.90 Å².